The van der Waals surface area contributed by atoms with Crippen molar-refractivity contribution in [1.29, 1.82) is 0 Å². The molecule has 0 saturated heterocycles. The fourth-order valence-electron chi connectivity index (χ4n) is 0.959. The highest BCUT2D eigenvalue weighted by molar-refractivity contribution is 9.10. The van der Waals surface area contributed by atoms with Crippen LogP contribution in [0.3, 0.4) is 0 Å². The van der Waals surface area contributed by atoms with Gasteiger partial charge in [-0.25, -0.2) is 5.43 Å². The van der Waals surface area contributed by atoms with Gasteiger partial charge < -0.3 is 4.74 Å². The summed E-state index contributed by atoms with van der Waals surface area (Å²) < 4.78 is 6.39. The Kier molecular flexibility index (Phi) is 4.90. The van der Waals surface area contributed by atoms with E-state index in [9.17, 15) is 0 Å². The third-order valence-corrected chi connectivity index (χ3v) is 3.43. The summed E-state index contributed by atoms with van der Waals surface area (Å²) >= 11 is 5.06. The van der Waals surface area contributed by atoms with E-state index in [-0.39, 0.29) is 6.04 Å². The van der Waals surface area contributed by atoms with E-state index >= 15 is 0 Å². The van der Waals surface area contributed by atoms with E-state index in [0.29, 0.717) is 13.2 Å². The highest BCUT2D eigenvalue weighted by Gasteiger charge is 2.11. The summed E-state index contributed by atoms with van der Waals surface area (Å²) in [4.78, 5) is 1.18. The maximum atomic E-state index is 5.42. The van der Waals surface area contributed by atoms with Crippen LogP contribution in [0.5, 0.6) is 0 Å². The molecule has 0 aliphatic rings. The first-order valence-corrected chi connectivity index (χ1v) is 5.73. The SMILES string of the molecule is CCOCC(NN)c1cc(Br)cs1. The molecule has 0 fully saturated rings. The molecule has 1 atom stereocenters. The lowest BCUT2D eigenvalue weighted by molar-refractivity contribution is 0.124. The van der Waals surface area contributed by atoms with E-state index in [0.717, 1.165) is 4.47 Å². The van der Waals surface area contributed by atoms with Crippen molar-refractivity contribution in [2.75, 3.05) is 13.2 Å². The van der Waals surface area contributed by atoms with Gasteiger partial charge in [-0.15, -0.1) is 11.3 Å². The Morgan fingerprint density at radius 3 is 3.00 bits per heavy atom. The first-order valence-electron chi connectivity index (χ1n) is 4.05. The number of halogens is 1. The molecule has 0 aliphatic heterocycles. The number of hydrogen-bond donors (Lipinski definition) is 2. The van der Waals surface area contributed by atoms with E-state index in [1.54, 1.807) is 11.3 Å². The molecule has 0 spiro atoms. The van der Waals surface area contributed by atoms with Crippen molar-refractivity contribution in [3.63, 3.8) is 0 Å². The van der Waals surface area contributed by atoms with Gasteiger partial charge in [-0.05, 0) is 28.9 Å². The van der Waals surface area contributed by atoms with Crippen molar-refractivity contribution >= 4 is 27.3 Å². The topological polar surface area (TPSA) is 47.3 Å². The average Bonchev–Trinajstić information content (AvgIpc) is 2.54. The van der Waals surface area contributed by atoms with Crippen LogP contribution in [0.4, 0.5) is 0 Å². The summed E-state index contributed by atoms with van der Waals surface area (Å²) in [6, 6.07) is 2.14. The highest BCUT2D eigenvalue weighted by atomic mass is 79.9. The zero-order chi connectivity index (χ0) is 9.68. The van der Waals surface area contributed by atoms with E-state index in [1.807, 2.05) is 18.4 Å². The molecular weight excluding hydrogens is 252 g/mol. The van der Waals surface area contributed by atoms with Crippen molar-refractivity contribution in [2.45, 2.75) is 13.0 Å². The molecule has 0 bridgehead atoms. The minimum atomic E-state index is 0.0937. The lowest BCUT2D eigenvalue weighted by Crippen LogP contribution is -2.30. The van der Waals surface area contributed by atoms with Gasteiger partial charge in [-0.2, -0.15) is 0 Å². The maximum absolute atomic E-state index is 5.42. The number of hydrogen-bond acceptors (Lipinski definition) is 4. The zero-order valence-corrected chi connectivity index (χ0v) is 9.82. The summed E-state index contributed by atoms with van der Waals surface area (Å²) in [6.45, 7) is 3.29. The highest BCUT2D eigenvalue weighted by Crippen LogP contribution is 2.25. The molecular formula is C8H13BrN2OS. The molecule has 0 amide bonds. The van der Waals surface area contributed by atoms with Crippen molar-refractivity contribution < 1.29 is 4.74 Å². The lowest BCUT2D eigenvalue weighted by atomic mass is 10.3. The van der Waals surface area contributed by atoms with Crippen molar-refractivity contribution in [3.05, 3.63) is 20.8 Å². The Hall–Kier alpha value is 0.0600. The molecule has 5 heteroatoms. The third-order valence-electron chi connectivity index (χ3n) is 1.62. The fraction of sp³-hybridized carbons (Fsp3) is 0.500. The number of rotatable bonds is 5. The quantitative estimate of drug-likeness (QED) is 0.632. The van der Waals surface area contributed by atoms with Crippen LogP contribution in [0.25, 0.3) is 0 Å². The molecule has 1 unspecified atom stereocenters. The van der Waals surface area contributed by atoms with Crippen LogP contribution in [0.15, 0.2) is 15.9 Å². The van der Waals surface area contributed by atoms with E-state index in [1.165, 1.54) is 4.88 Å². The third kappa shape index (κ3) is 3.36. The lowest BCUT2D eigenvalue weighted by Gasteiger charge is -2.13. The summed E-state index contributed by atoms with van der Waals surface area (Å²) in [5.41, 5.74) is 2.73. The Morgan fingerprint density at radius 2 is 2.54 bits per heavy atom. The standard InChI is InChI=1S/C8H13BrN2OS/c1-2-12-4-7(11-10)8-3-6(9)5-13-8/h3,5,7,11H,2,4,10H2,1H3. The normalized spacial score (nSPS) is 13.2. The largest absolute Gasteiger partial charge is 0.380 e. The number of hydrazine groups is 1. The Balaban J connectivity index is 2.56. The number of nitrogens with two attached hydrogens (primary N) is 1. The van der Waals surface area contributed by atoms with E-state index in [4.69, 9.17) is 10.6 Å². The van der Waals surface area contributed by atoms with Gasteiger partial charge in [0.2, 0.25) is 0 Å². The minimum absolute atomic E-state index is 0.0937. The average molecular weight is 265 g/mol. The Labute approximate surface area is 90.4 Å². The Morgan fingerprint density at radius 1 is 1.77 bits per heavy atom. The molecule has 1 rings (SSSR count). The fourth-order valence-corrected chi connectivity index (χ4v) is 2.45. The van der Waals surface area contributed by atoms with E-state index < -0.39 is 0 Å². The van der Waals surface area contributed by atoms with E-state index in [2.05, 4.69) is 21.4 Å². The summed E-state index contributed by atoms with van der Waals surface area (Å²) in [5, 5.41) is 2.03. The van der Waals surface area contributed by atoms with Gasteiger partial charge in [0.05, 0.1) is 12.6 Å². The first-order chi connectivity index (χ1) is 6.27. The molecule has 3 nitrogen and oxygen atoms in total. The van der Waals surface area contributed by atoms with Crippen LogP contribution in [0, 0.1) is 0 Å². The molecule has 0 aliphatic carbocycles. The van der Waals surface area contributed by atoms with Crippen LogP contribution in [0.1, 0.15) is 17.8 Å². The van der Waals surface area contributed by atoms with Gasteiger partial charge in [0.25, 0.3) is 0 Å². The van der Waals surface area contributed by atoms with Crippen LogP contribution in [-0.4, -0.2) is 13.2 Å². The summed E-state index contributed by atoms with van der Waals surface area (Å²) in [5.74, 6) is 5.42. The van der Waals surface area contributed by atoms with Crippen LogP contribution < -0.4 is 11.3 Å². The summed E-state index contributed by atoms with van der Waals surface area (Å²) in [7, 11) is 0. The minimum Gasteiger partial charge on any atom is -0.380 e. The predicted molar refractivity (Wildman–Crippen MR) is 58.6 cm³/mol. The Bertz CT molecular complexity index is 254. The van der Waals surface area contributed by atoms with Crippen molar-refractivity contribution in [2.24, 2.45) is 5.84 Å². The molecule has 13 heavy (non-hydrogen) atoms. The van der Waals surface area contributed by atoms with Gasteiger partial charge in [0, 0.05) is 21.3 Å². The molecule has 0 radical (unpaired) electrons. The second-order valence-corrected chi connectivity index (χ2v) is 4.40. The summed E-state index contributed by atoms with van der Waals surface area (Å²) in [6.07, 6.45) is 0. The van der Waals surface area contributed by atoms with Crippen LogP contribution >= 0.6 is 27.3 Å². The van der Waals surface area contributed by atoms with Crippen LogP contribution in [-0.2, 0) is 4.74 Å². The molecule has 1 aromatic rings. The molecule has 0 aromatic carbocycles. The zero-order valence-electron chi connectivity index (χ0n) is 7.42. The van der Waals surface area contributed by atoms with Crippen LogP contribution in [0.2, 0.25) is 0 Å². The molecule has 1 aromatic heterocycles. The smallest absolute Gasteiger partial charge is 0.0786 e. The van der Waals surface area contributed by atoms with Gasteiger partial charge in [0.15, 0.2) is 0 Å². The van der Waals surface area contributed by atoms with Gasteiger partial charge in [0.1, 0.15) is 0 Å². The van der Waals surface area contributed by atoms with Gasteiger partial charge in [-0.3, -0.25) is 5.84 Å². The van der Waals surface area contributed by atoms with Gasteiger partial charge in [-0.1, -0.05) is 0 Å². The monoisotopic (exact) mass is 264 g/mol. The number of thiophene rings is 1. The number of nitrogens with one attached hydrogen (secondary N) is 1. The van der Waals surface area contributed by atoms with Crippen molar-refractivity contribution in [1.82, 2.24) is 5.43 Å². The number of ether oxygens (including phenoxy) is 1. The first kappa shape index (κ1) is 11.1. The molecule has 74 valence electrons. The molecule has 3 N–H and O–H groups in total. The molecule has 0 saturated carbocycles. The van der Waals surface area contributed by atoms with Crippen molar-refractivity contribution in [3.8, 4) is 0 Å². The second-order valence-electron chi connectivity index (χ2n) is 2.55. The van der Waals surface area contributed by atoms with Gasteiger partial charge >= 0.3 is 0 Å². The predicted octanol–water partition coefficient (Wildman–Crippen LogP) is 2.05. The second kappa shape index (κ2) is 5.72. The molecule has 1 heterocycles. The maximum Gasteiger partial charge on any atom is 0.0786 e.